The molecule has 2 aliphatic heterocycles. The molecule has 2 saturated heterocycles. The molecule has 2 fully saturated rings. The highest BCUT2D eigenvalue weighted by atomic mass is 35.5. The van der Waals surface area contributed by atoms with E-state index in [1.165, 1.54) is 0 Å². The van der Waals surface area contributed by atoms with Crippen molar-refractivity contribution >= 4 is 29.3 Å². The number of hydrogen-bond acceptors (Lipinski definition) is 3. The van der Waals surface area contributed by atoms with Crippen LogP contribution in [0.3, 0.4) is 0 Å². The van der Waals surface area contributed by atoms with Gasteiger partial charge < -0.3 is 15.2 Å². The Balaban J connectivity index is 0.00000182. The lowest BCUT2D eigenvalue weighted by Gasteiger charge is -2.35. The van der Waals surface area contributed by atoms with Crippen molar-refractivity contribution in [1.29, 1.82) is 0 Å². The lowest BCUT2D eigenvalue weighted by Crippen LogP contribution is -2.45. The van der Waals surface area contributed by atoms with Gasteiger partial charge in [0.25, 0.3) is 0 Å². The standard InChI is InChI=1S/C18H24N4O2.ClH/c23-17(13-5-9-19-10-6-13)21-11-7-14(8-12-21)22-16-4-2-1-3-15(16)20-18(22)24;/h1-4,13-14,19H,5-12H2,(H,20,24);1H. The highest BCUT2D eigenvalue weighted by Gasteiger charge is 2.30. The van der Waals surface area contributed by atoms with Crippen molar-refractivity contribution in [2.24, 2.45) is 5.92 Å². The molecule has 0 aliphatic carbocycles. The zero-order valence-electron chi connectivity index (χ0n) is 14.2. The Kier molecular flexibility index (Phi) is 5.49. The lowest BCUT2D eigenvalue weighted by molar-refractivity contribution is -0.137. The Bertz CT molecular complexity index is 786. The summed E-state index contributed by atoms with van der Waals surface area (Å²) in [5.74, 6) is 0.486. The minimum atomic E-state index is -0.0423. The molecule has 3 heterocycles. The summed E-state index contributed by atoms with van der Waals surface area (Å²) in [5.41, 5.74) is 1.81. The van der Waals surface area contributed by atoms with Crippen molar-refractivity contribution in [3.8, 4) is 0 Å². The van der Waals surface area contributed by atoms with E-state index >= 15 is 0 Å². The van der Waals surface area contributed by atoms with E-state index in [1.54, 1.807) is 0 Å². The van der Waals surface area contributed by atoms with Gasteiger partial charge in [0, 0.05) is 25.0 Å². The van der Waals surface area contributed by atoms with Gasteiger partial charge >= 0.3 is 5.69 Å². The molecule has 0 radical (unpaired) electrons. The molecule has 2 N–H and O–H groups in total. The number of carbonyl (C=O) groups is 1. The van der Waals surface area contributed by atoms with Crippen molar-refractivity contribution in [3.05, 3.63) is 34.7 Å². The topological polar surface area (TPSA) is 70.1 Å². The number of nitrogens with one attached hydrogen (secondary N) is 2. The van der Waals surface area contributed by atoms with Crippen LogP contribution in [0.1, 0.15) is 31.7 Å². The largest absolute Gasteiger partial charge is 0.342 e. The molecule has 136 valence electrons. The number of H-pyrrole nitrogens is 1. The molecule has 1 aromatic heterocycles. The van der Waals surface area contributed by atoms with Crippen LogP contribution in [0, 0.1) is 5.92 Å². The van der Waals surface area contributed by atoms with Crippen LogP contribution in [0.2, 0.25) is 0 Å². The fourth-order valence-electron chi connectivity index (χ4n) is 4.11. The number of benzene rings is 1. The maximum absolute atomic E-state index is 12.6. The number of amides is 1. The highest BCUT2D eigenvalue weighted by molar-refractivity contribution is 5.85. The first-order valence-corrected chi connectivity index (χ1v) is 8.93. The smallest absolute Gasteiger partial charge is 0.326 e. The minimum Gasteiger partial charge on any atom is -0.342 e. The molecule has 1 aromatic carbocycles. The van der Waals surface area contributed by atoms with Crippen LogP contribution in [-0.4, -0.2) is 46.5 Å². The number of fused-ring (bicyclic) bond motifs is 1. The van der Waals surface area contributed by atoms with E-state index in [0.29, 0.717) is 5.91 Å². The molecule has 0 bridgehead atoms. The fraction of sp³-hybridized carbons (Fsp3) is 0.556. The van der Waals surface area contributed by atoms with Crippen LogP contribution in [0.25, 0.3) is 11.0 Å². The SMILES string of the molecule is Cl.O=C(C1CCNCC1)N1CCC(n2c(=O)[nH]c3ccccc32)CC1. The number of aromatic nitrogens is 2. The first-order chi connectivity index (χ1) is 11.7. The average molecular weight is 365 g/mol. The number of hydrogen-bond donors (Lipinski definition) is 2. The maximum Gasteiger partial charge on any atom is 0.326 e. The Morgan fingerprint density at radius 2 is 1.72 bits per heavy atom. The molecule has 0 atom stereocenters. The van der Waals surface area contributed by atoms with Crippen LogP contribution < -0.4 is 11.0 Å². The molecule has 25 heavy (non-hydrogen) atoms. The van der Waals surface area contributed by atoms with Crippen molar-refractivity contribution in [1.82, 2.24) is 19.8 Å². The summed E-state index contributed by atoms with van der Waals surface area (Å²) in [6.07, 6.45) is 3.58. The summed E-state index contributed by atoms with van der Waals surface area (Å²) in [6, 6.07) is 7.99. The Morgan fingerprint density at radius 3 is 2.44 bits per heavy atom. The number of nitrogens with zero attached hydrogens (tertiary/aromatic N) is 2. The second kappa shape index (κ2) is 7.62. The molecule has 0 unspecified atom stereocenters. The van der Waals surface area contributed by atoms with Gasteiger partial charge in [0.1, 0.15) is 0 Å². The van der Waals surface area contributed by atoms with Crippen molar-refractivity contribution in [2.75, 3.05) is 26.2 Å². The van der Waals surface area contributed by atoms with Gasteiger partial charge in [-0.2, -0.15) is 0 Å². The van der Waals surface area contributed by atoms with Gasteiger partial charge in [0.05, 0.1) is 11.0 Å². The van der Waals surface area contributed by atoms with Crippen molar-refractivity contribution < 1.29 is 4.79 Å². The quantitative estimate of drug-likeness (QED) is 0.855. The van der Waals surface area contributed by atoms with E-state index in [1.807, 2.05) is 33.7 Å². The van der Waals surface area contributed by atoms with Gasteiger partial charge in [-0.3, -0.25) is 9.36 Å². The van der Waals surface area contributed by atoms with Gasteiger partial charge in [-0.05, 0) is 50.9 Å². The zero-order chi connectivity index (χ0) is 16.5. The number of carbonyl (C=O) groups excluding carboxylic acids is 1. The summed E-state index contributed by atoms with van der Waals surface area (Å²) in [6.45, 7) is 3.38. The third kappa shape index (κ3) is 3.46. The summed E-state index contributed by atoms with van der Waals surface area (Å²) in [7, 11) is 0. The molecule has 1 amide bonds. The summed E-state index contributed by atoms with van der Waals surface area (Å²) in [5, 5.41) is 3.31. The van der Waals surface area contributed by atoms with E-state index in [-0.39, 0.29) is 30.1 Å². The fourth-order valence-corrected chi connectivity index (χ4v) is 4.11. The molecule has 7 heteroatoms. The van der Waals surface area contributed by atoms with Gasteiger partial charge in [-0.1, -0.05) is 12.1 Å². The Morgan fingerprint density at radius 1 is 1.04 bits per heavy atom. The molecular weight excluding hydrogens is 340 g/mol. The van der Waals surface area contributed by atoms with Gasteiger partial charge in [-0.25, -0.2) is 4.79 Å². The molecule has 2 aromatic rings. The monoisotopic (exact) mass is 364 g/mol. The number of piperidine rings is 2. The van der Waals surface area contributed by atoms with Gasteiger partial charge in [-0.15, -0.1) is 12.4 Å². The van der Waals surface area contributed by atoms with E-state index in [9.17, 15) is 9.59 Å². The molecule has 0 saturated carbocycles. The van der Waals surface area contributed by atoms with Crippen LogP contribution >= 0.6 is 12.4 Å². The second-order valence-electron chi connectivity index (χ2n) is 6.90. The zero-order valence-corrected chi connectivity index (χ0v) is 15.1. The predicted molar refractivity (Wildman–Crippen MR) is 100 cm³/mol. The summed E-state index contributed by atoms with van der Waals surface area (Å²) < 4.78 is 1.88. The Labute approximate surface area is 153 Å². The van der Waals surface area contributed by atoms with E-state index < -0.39 is 0 Å². The van der Waals surface area contributed by atoms with Gasteiger partial charge in [0.15, 0.2) is 0 Å². The number of para-hydroxylation sites is 2. The lowest BCUT2D eigenvalue weighted by atomic mass is 9.95. The highest BCUT2D eigenvalue weighted by Crippen LogP contribution is 2.26. The second-order valence-corrected chi connectivity index (χ2v) is 6.90. The van der Waals surface area contributed by atoms with E-state index in [2.05, 4.69) is 10.3 Å². The third-order valence-electron chi connectivity index (χ3n) is 5.45. The summed E-state index contributed by atoms with van der Waals surface area (Å²) >= 11 is 0. The van der Waals surface area contributed by atoms with Crippen LogP contribution in [0.4, 0.5) is 0 Å². The minimum absolute atomic E-state index is 0. The number of aromatic amines is 1. The van der Waals surface area contributed by atoms with Crippen LogP contribution in [-0.2, 0) is 4.79 Å². The molecule has 2 aliphatic rings. The average Bonchev–Trinajstić information content (AvgIpc) is 2.98. The Hall–Kier alpha value is -1.79. The molecular formula is C18H25ClN4O2. The van der Waals surface area contributed by atoms with Crippen molar-refractivity contribution in [2.45, 2.75) is 31.7 Å². The van der Waals surface area contributed by atoms with E-state index in [0.717, 1.165) is 62.9 Å². The molecule has 0 spiro atoms. The third-order valence-corrected chi connectivity index (χ3v) is 5.45. The normalized spacial score (nSPS) is 19.8. The first-order valence-electron chi connectivity index (χ1n) is 8.93. The van der Waals surface area contributed by atoms with Crippen molar-refractivity contribution in [3.63, 3.8) is 0 Å². The number of imidazole rings is 1. The van der Waals surface area contributed by atoms with Crippen LogP contribution in [0.15, 0.2) is 29.1 Å². The number of rotatable bonds is 2. The number of likely N-dealkylation sites (tertiary alicyclic amines) is 1. The van der Waals surface area contributed by atoms with E-state index in [4.69, 9.17) is 0 Å². The maximum atomic E-state index is 12.6. The molecule has 6 nitrogen and oxygen atoms in total. The molecule has 4 rings (SSSR count). The predicted octanol–water partition coefficient (Wildman–Crippen LogP) is 1.91. The van der Waals surface area contributed by atoms with Crippen LogP contribution in [0.5, 0.6) is 0 Å². The van der Waals surface area contributed by atoms with Gasteiger partial charge in [0.2, 0.25) is 5.91 Å². The number of halogens is 1. The summed E-state index contributed by atoms with van der Waals surface area (Å²) in [4.78, 5) is 29.9. The first kappa shape index (κ1) is 18.0.